The van der Waals surface area contributed by atoms with E-state index in [1.165, 1.54) is 0 Å². The first-order chi connectivity index (χ1) is 9.11. The molecule has 1 aromatic rings. The Kier molecular flexibility index (Phi) is 4.35. The Morgan fingerprint density at radius 3 is 2.68 bits per heavy atom. The van der Waals surface area contributed by atoms with Gasteiger partial charge in [-0.2, -0.15) is 0 Å². The maximum absolute atomic E-state index is 12.0. The molecule has 2 heterocycles. The molecule has 0 bridgehead atoms. The third-order valence-electron chi connectivity index (χ3n) is 3.29. The molecule has 5 heteroatoms. The van der Waals surface area contributed by atoms with Gasteiger partial charge >= 0.3 is 5.97 Å². The van der Waals surface area contributed by atoms with Gasteiger partial charge in [0.2, 0.25) is 5.95 Å². The largest absolute Gasteiger partial charge is 0.464 e. The van der Waals surface area contributed by atoms with Gasteiger partial charge in [-0.05, 0) is 46.1 Å². The van der Waals surface area contributed by atoms with E-state index in [2.05, 4.69) is 9.97 Å². The summed E-state index contributed by atoms with van der Waals surface area (Å²) < 4.78 is 5.16. The fourth-order valence-electron chi connectivity index (χ4n) is 2.49. The van der Waals surface area contributed by atoms with Gasteiger partial charge in [0.1, 0.15) is 6.04 Å². The van der Waals surface area contributed by atoms with Crippen molar-refractivity contribution < 1.29 is 9.53 Å². The lowest BCUT2D eigenvalue weighted by molar-refractivity contribution is -0.145. The van der Waals surface area contributed by atoms with Gasteiger partial charge in [0.25, 0.3) is 0 Å². The minimum absolute atomic E-state index is 0.162. The number of carbonyl (C=O) groups is 1. The zero-order valence-electron chi connectivity index (χ0n) is 11.8. The Morgan fingerprint density at radius 1 is 1.37 bits per heavy atom. The van der Waals surface area contributed by atoms with Crippen LogP contribution < -0.4 is 4.90 Å². The molecule has 0 aromatic carbocycles. The fourth-order valence-corrected chi connectivity index (χ4v) is 2.49. The van der Waals surface area contributed by atoms with Crippen LogP contribution in [0.1, 0.15) is 37.6 Å². The van der Waals surface area contributed by atoms with Crippen LogP contribution in [0, 0.1) is 13.8 Å². The lowest BCUT2D eigenvalue weighted by atomic mass is 10.0. The monoisotopic (exact) mass is 263 g/mol. The van der Waals surface area contributed by atoms with Crippen LogP contribution in [0.25, 0.3) is 0 Å². The molecule has 104 valence electrons. The summed E-state index contributed by atoms with van der Waals surface area (Å²) in [5.74, 6) is 0.486. The summed E-state index contributed by atoms with van der Waals surface area (Å²) in [6, 6.07) is 1.70. The molecule has 0 radical (unpaired) electrons. The van der Waals surface area contributed by atoms with Gasteiger partial charge in [0.05, 0.1) is 6.61 Å². The van der Waals surface area contributed by atoms with Crippen LogP contribution in [0.3, 0.4) is 0 Å². The topological polar surface area (TPSA) is 55.3 Å². The van der Waals surface area contributed by atoms with Crippen molar-refractivity contribution in [1.82, 2.24) is 9.97 Å². The number of nitrogens with zero attached hydrogens (tertiary/aromatic N) is 3. The summed E-state index contributed by atoms with van der Waals surface area (Å²) in [5, 5.41) is 0. The Hall–Kier alpha value is -1.65. The first-order valence-corrected chi connectivity index (χ1v) is 6.87. The first kappa shape index (κ1) is 13.8. The van der Waals surface area contributed by atoms with Crippen molar-refractivity contribution in [2.75, 3.05) is 18.1 Å². The van der Waals surface area contributed by atoms with Crippen molar-refractivity contribution in [3.63, 3.8) is 0 Å². The lowest BCUT2D eigenvalue weighted by Crippen LogP contribution is -2.46. The Morgan fingerprint density at radius 2 is 2.05 bits per heavy atom. The second-order valence-electron chi connectivity index (χ2n) is 4.91. The smallest absolute Gasteiger partial charge is 0.328 e. The van der Waals surface area contributed by atoms with Crippen LogP contribution in [-0.4, -0.2) is 35.1 Å². The van der Waals surface area contributed by atoms with E-state index in [9.17, 15) is 4.79 Å². The van der Waals surface area contributed by atoms with Crippen LogP contribution in [0.15, 0.2) is 6.07 Å². The predicted octanol–water partition coefficient (Wildman–Crippen LogP) is 2.02. The molecule has 0 amide bonds. The molecular weight excluding hydrogens is 242 g/mol. The van der Waals surface area contributed by atoms with E-state index in [-0.39, 0.29) is 12.0 Å². The minimum atomic E-state index is -0.241. The Balaban J connectivity index is 2.25. The molecule has 1 aromatic heterocycles. The quantitative estimate of drug-likeness (QED) is 0.781. The first-order valence-electron chi connectivity index (χ1n) is 6.87. The number of piperidine rings is 1. The molecule has 19 heavy (non-hydrogen) atoms. The highest BCUT2D eigenvalue weighted by Crippen LogP contribution is 2.23. The van der Waals surface area contributed by atoms with Crippen molar-refractivity contribution in [3.8, 4) is 0 Å². The average Bonchev–Trinajstić information content (AvgIpc) is 2.38. The molecule has 2 rings (SSSR count). The third kappa shape index (κ3) is 3.22. The second-order valence-corrected chi connectivity index (χ2v) is 4.91. The van der Waals surface area contributed by atoms with E-state index in [4.69, 9.17) is 4.74 Å². The summed E-state index contributed by atoms with van der Waals surface area (Å²) in [7, 11) is 0. The highest BCUT2D eigenvalue weighted by Gasteiger charge is 2.31. The zero-order chi connectivity index (χ0) is 13.8. The van der Waals surface area contributed by atoms with Gasteiger partial charge in [0.15, 0.2) is 0 Å². The molecule has 1 aliphatic heterocycles. The number of rotatable bonds is 3. The standard InChI is InChI=1S/C14H21N3O2/c1-4-19-13(18)12-7-5-6-8-17(12)14-15-10(2)9-11(3)16-14/h9,12H,4-8H2,1-3H3. The van der Waals surface area contributed by atoms with Crippen molar-refractivity contribution in [2.45, 2.75) is 46.1 Å². The zero-order valence-corrected chi connectivity index (χ0v) is 11.8. The molecular formula is C14H21N3O2. The number of hydrogen-bond acceptors (Lipinski definition) is 5. The van der Waals surface area contributed by atoms with Gasteiger partial charge in [-0.25, -0.2) is 14.8 Å². The third-order valence-corrected chi connectivity index (χ3v) is 3.29. The van der Waals surface area contributed by atoms with Gasteiger partial charge in [-0.1, -0.05) is 0 Å². The summed E-state index contributed by atoms with van der Waals surface area (Å²) in [4.78, 5) is 22.9. The van der Waals surface area contributed by atoms with Gasteiger partial charge in [0, 0.05) is 17.9 Å². The molecule has 0 N–H and O–H groups in total. The molecule has 1 fully saturated rings. The van der Waals surface area contributed by atoms with Crippen molar-refractivity contribution in [1.29, 1.82) is 0 Å². The number of aromatic nitrogens is 2. The van der Waals surface area contributed by atoms with Crippen LogP contribution in [0.2, 0.25) is 0 Å². The molecule has 0 spiro atoms. The van der Waals surface area contributed by atoms with E-state index in [1.807, 2.05) is 31.7 Å². The second kappa shape index (κ2) is 5.99. The average molecular weight is 263 g/mol. The van der Waals surface area contributed by atoms with E-state index < -0.39 is 0 Å². The predicted molar refractivity (Wildman–Crippen MR) is 73.1 cm³/mol. The molecule has 1 atom stereocenters. The van der Waals surface area contributed by atoms with E-state index >= 15 is 0 Å². The molecule has 1 saturated heterocycles. The summed E-state index contributed by atoms with van der Waals surface area (Å²) >= 11 is 0. The summed E-state index contributed by atoms with van der Waals surface area (Å²) in [6.07, 6.45) is 2.92. The highest BCUT2D eigenvalue weighted by molar-refractivity contribution is 5.79. The van der Waals surface area contributed by atoms with Crippen LogP contribution >= 0.6 is 0 Å². The Bertz CT molecular complexity index is 442. The van der Waals surface area contributed by atoms with Gasteiger partial charge in [-0.3, -0.25) is 0 Å². The number of anilines is 1. The fraction of sp³-hybridized carbons (Fsp3) is 0.643. The van der Waals surface area contributed by atoms with Gasteiger partial charge in [-0.15, -0.1) is 0 Å². The van der Waals surface area contributed by atoms with Gasteiger partial charge < -0.3 is 9.64 Å². The normalized spacial score (nSPS) is 19.3. The summed E-state index contributed by atoms with van der Waals surface area (Å²) in [6.45, 7) is 6.95. The minimum Gasteiger partial charge on any atom is -0.464 e. The lowest BCUT2D eigenvalue weighted by Gasteiger charge is -2.34. The molecule has 0 saturated carbocycles. The van der Waals surface area contributed by atoms with E-state index in [1.54, 1.807) is 0 Å². The maximum atomic E-state index is 12.0. The maximum Gasteiger partial charge on any atom is 0.328 e. The molecule has 0 aliphatic carbocycles. The summed E-state index contributed by atoms with van der Waals surface area (Å²) in [5.41, 5.74) is 1.85. The number of hydrogen-bond donors (Lipinski definition) is 0. The van der Waals surface area contributed by atoms with E-state index in [0.717, 1.165) is 37.2 Å². The van der Waals surface area contributed by atoms with Crippen LogP contribution in [-0.2, 0) is 9.53 Å². The SMILES string of the molecule is CCOC(=O)C1CCCCN1c1nc(C)cc(C)n1. The van der Waals surface area contributed by atoms with Crippen molar-refractivity contribution in [2.24, 2.45) is 0 Å². The van der Waals surface area contributed by atoms with Crippen molar-refractivity contribution >= 4 is 11.9 Å². The van der Waals surface area contributed by atoms with Crippen molar-refractivity contribution in [3.05, 3.63) is 17.5 Å². The number of carbonyl (C=O) groups excluding carboxylic acids is 1. The number of ether oxygens (including phenoxy) is 1. The number of aryl methyl sites for hydroxylation is 2. The molecule has 1 unspecified atom stereocenters. The highest BCUT2D eigenvalue weighted by atomic mass is 16.5. The number of esters is 1. The molecule has 1 aliphatic rings. The molecule has 5 nitrogen and oxygen atoms in total. The Labute approximate surface area is 114 Å². The van der Waals surface area contributed by atoms with Crippen LogP contribution in [0.4, 0.5) is 5.95 Å². The van der Waals surface area contributed by atoms with E-state index in [0.29, 0.717) is 12.6 Å². The van der Waals surface area contributed by atoms with Crippen LogP contribution in [0.5, 0.6) is 0 Å².